The molecule has 144 valence electrons. The fourth-order valence-electron chi connectivity index (χ4n) is 3.50. The van der Waals surface area contributed by atoms with Gasteiger partial charge in [-0.25, -0.2) is 0 Å². The first-order chi connectivity index (χ1) is 13.7. The predicted molar refractivity (Wildman–Crippen MR) is 116 cm³/mol. The Balaban J connectivity index is 1.34. The molecule has 0 atom stereocenters. The van der Waals surface area contributed by atoms with Crippen molar-refractivity contribution in [2.45, 2.75) is 6.54 Å². The summed E-state index contributed by atoms with van der Waals surface area (Å²) in [5.41, 5.74) is 1.03. The number of fused-ring (bicyclic) bond motifs is 1. The molecule has 1 aliphatic rings. The third-order valence-electron chi connectivity index (χ3n) is 5.13. The van der Waals surface area contributed by atoms with E-state index in [4.69, 9.17) is 4.74 Å². The largest absolute Gasteiger partial charge is 0.497 e. The first-order valence-corrected chi connectivity index (χ1v) is 10.4. The van der Waals surface area contributed by atoms with Crippen molar-refractivity contribution in [3.8, 4) is 5.75 Å². The first kappa shape index (κ1) is 18.7. The summed E-state index contributed by atoms with van der Waals surface area (Å²) in [7, 11) is 1.67. The molecule has 28 heavy (non-hydrogen) atoms. The van der Waals surface area contributed by atoms with E-state index in [1.807, 2.05) is 35.2 Å². The lowest BCUT2D eigenvalue weighted by Gasteiger charge is -2.33. The Morgan fingerprint density at radius 1 is 1.07 bits per heavy atom. The standard InChI is InChI=1S/C23H24N2O2S/c1-27-21-8-7-19-15-18(4-6-20(19)16-21)5-9-23(26)25-12-10-24(11-13-25)17-22-3-2-14-28-22/h2-9,14-16H,10-13,17H2,1H3/b9-5+. The predicted octanol–water partition coefficient (Wildman–Crippen LogP) is 4.27. The van der Waals surface area contributed by atoms with Crippen LogP contribution in [-0.4, -0.2) is 49.0 Å². The van der Waals surface area contributed by atoms with E-state index in [0.29, 0.717) is 0 Å². The molecule has 0 radical (unpaired) electrons. The topological polar surface area (TPSA) is 32.8 Å². The van der Waals surface area contributed by atoms with E-state index in [0.717, 1.165) is 54.8 Å². The molecule has 1 aliphatic heterocycles. The summed E-state index contributed by atoms with van der Waals surface area (Å²) in [6, 6.07) is 16.5. The Kier molecular flexibility index (Phi) is 5.74. The summed E-state index contributed by atoms with van der Waals surface area (Å²) in [6.45, 7) is 4.40. The fourth-order valence-corrected chi connectivity index (χ4v) is 4.24. The summed E-state index contributed by atoms with van der Waals surface area (Å²) >= 11 is 1.79. The Morgan fingerprint density at radius 3 is 2.61 bits per heavy atom. The second-order valence-electron chi connectivity index (χ2n) is 6.99. The minimum absolute atomic E-state index is 0.0885. The van der Waals surface area contributed by atoms with Crippen molar-refractivity contribution in [2.75, 3.05) is 33.3 Å². The second-order valence-corrected chi connectivity index (χ2v) is 8.02. The minimum atomic E-state index is 0.0885. The molecule has 1 aromatic heterocycles. The molecule has 1 saturated heterocycles. The highest BCUT2D eigenvalue weighted by atomic mass is 32.1. The number of methoxy groups -OCH3 is 1. The van der Waals surface area contributed by atoms with Crippen LogP contribution >= 0.6 is 11.3 Å². The lowest BCUT2D eigenvalue weighted by molar-refractivity contribution is -0.127. The van der Waals surface area contributed by atoms with E-state index in [-0.39, 0.29) is 5.91 Å². The smallest absolute Gasteiger partial charge is 0.246 e. The van der Waals surface area contributed by atoms with Crippen LogP contribution in [0.25, 0.3) is 16.8 Å². The number of carbonyl (C=O) groups is 1. The van der Waals surface area contributed by atoms with Crippen molar-refractivity contribution >= 4 is 34.1 Å². The van der Waals surface area contributed by atoms with Gasteiger partial charge in [0.15, 0.2) is 0 Å². The van der Waals surface area contributed by atoms with Gasteiger partial charge < -0.3 is 9.64 Å². The molecule has 2 heterocycles. The van der Waals surface area contributed by atoms with Crippen LogP contribution in [-0.2, 0) is 11.3 Å². The van der Waals surface area contributed by atoms with Crippen LogP contribution in [0.5, 0.6) is 5.75 Å². The molecule has 0 saturated carbocycles. The fraction of sp³-hybridized carbons (Fsp3) is 0.261. The SMILES string of the molecule is COc1ccc2cc(/C=C/C(=O)N3CCN(Cc4cccs4)CC3)ccc2c1. The Morgan fingerprint density at radius 2 is 1.86 bits per heavy atom. The average molecular weight is 393 g/mol. The summed E-state index contributed by atoms with van der Waals surface area (Å²) in [4.78, 5) is 18.3. The maximum absolute atomic E-state index is 12.5. The van der Waals surface area contributed by atoms with Gasteiger partial charge in [-0.3, -0.25) is 9.69 Å². The highest BCUT2D eigenvalue weighted by molar-refractivity contribution is 7.09. The number of carbonyl (C=O) groups excluding carboxylic acids is 1. The number of piperazine rings is 1. The summed E-state index contributed by atoms with van der Waals surface area (Å²) in [5, 5.41) is 4.38. The van der Waals surface area contributed by atoms with Gasteiger partial charge in [0.05, 0.1) is 7.11 Å². The third-order valence-corrected chi connectivity index (χ3v) is 5.99. The van der Waals surface area contributed by atoms with Crippen molar-refractivity contribution in [1.29, 1.82) is 0 Å². The van der Waals surface area contributed by atoms with Crippen LogP contribution in [0.4, 0.5) is 0 Å². The molecule has 1 amide bonds. The summed E-state index contributed by atoms with van der Waals surface area (Å²) < 4.78 is 5.27. The number of benzene rings is 2. The summed E-state index contributed by atoms with van der Waals surface area (Å²) in [6.07, 6.45) is 3.60. The van der Waals surface area contributed by atoms with Gasteiger partial charge in [-0.05, 0) is 52.1 Å². The lowest BCUT2D eigenvalue weighted by Crippen LogP contribution is -2.47. The van der Waals surface area contributed by atoms with Gasteiger partial charge in [0.1, 0.15) is 5.75 Å². The molecule has 4 rings (SSSR count). The van der Waals surface area contributed by atoms with Crippen LogP contribution in [0.3, 0.4) is 0 Å². The average Bonchev–Trinajstić information content (AvgIpc) is 3.25. The zero-order valence-electron chi connectivity index (χ0n) is 16.0. The van der Waals surface area contributed by atoms with Crippen molar-refractivity contribution < 1.29 is 9.53 Å². The zero-order chi connectivity index (χ0) is 19.3. The van der Waals surface area contributed by atoms with E-state index in [9.17, 15) is 4.79 Å². The van der Waals surface area contributed by atoms with Gasteiger partial charge in [-0.15, -0.1) is 11.3 Å². The van der Waals surface area contributed by atoms with Crippen molar-refractivity contribution in [3.05, 3.63) is 70.4 Å². The maximum atomic E-state index is 12.5. The van der Waals surface area contributed by atoms with Crippen molar-refractivity contribution in [1.82, 2.24) is 9.80 Å². The highest BCUT2D eigenvalue weighted by Gasteiger charge is 2.19. The van der Waals surface area contributed by atoms with Crippen molar-refractivity contribution in [2.24, 2.45) is 0 Å². The molecule has 0 bridgehead atoms. The number of hydrogen-bond donors (Lipinski definition) is 0. The molecule has 5 heteroatoms. The zero-order valence-corrected chi connectivity index (χ0v) is 16.8. The van der Waals surface area contributed by atoms with Crippen molar-refractivity contribution in [3.63, 3.8) is 0 Å². The molecule has 0 aliphatic carbocycles. The monoisotopic (exact) mass is 392 g/mol. The number of amides is 1. The first-order valence-electron chi connectivity index (χ1n) is 9.51. The molecular formula is C23H24N2O2S. The number of ether oxygens (including phenoxy) is 1. The van der Waals surface area contributed by atoms with Crippen LogP contribution in [0.15, 0.2) is 60.0 Å². The van der Waals surface area contributed by atoms with Crippen LogP contribution in [0, 0.1) is 0 Å². The normalized spacial score (nSPS) is 15.4. The van der Waals surface area contributed by atoms with Crippen LogP contribution < -0.4 is 4.74 Å². The highest BCUT2D eigenvalue weighted by Crippen LogP contribution is 2.22. The maximum Gasteiger partial charge on any atom is 0.246 e. The Hall–Kier alpha value is -2.63. The van der Waals surface area contributed by atoms with E-state index < -0.39 is 0 Å². The number of rotatable bonds is 5. The third kappa shape index (κ3) is 4.43. The van der Waals surface area contributed by atoms with Gasteiger partial charge in [-0.2, -0.15) is 0 Å². The molecule has 4 nitrogen and oxygen atoms in total. The van der Waals surface area contributed by atoms with Gasteiger partial charge in [-0.1, -0.05) is 24.3 Å². The molecule has 1 fully saturated rings. The molecule has 0 spiro atoms. The van der Waals surface area contributed by atoms with Gasteiger partial charge in [0.2, 0.25) is 5.91 Å². The lowest BCUT2D eigenvalue weighted by atomic mass is 10.1. The quantitative estimate of drug-likeness (QED) is 0.608. The van der Waals surface area contributed by atoms with Crippen LogP contribution in [0.2, 0.25) is 0 Å². The molecular weight excluding hydrogens is 368 g/mol. The number of hydrogen-bond acceptors (Lipinski definition) is 4. The van der Waals surface area contributed by atoms with Crippen LogP contribution in [0.1, 0.15) is 10.4 Å². The summed E-state index contributed by atoms with van der Waals surface area (Å²) in [5.74, 6) is 0.940. The Labute approximate surface area is 169 Å². The molecule has 0 unspecified atom stereocenters. The minimum Gasteiger partial charge on any atom is -0.497 e. The molecule has 3 aromatic rings. The van der Waals surface area contributed by atoms with E-state index in [1.54, 1.807) is 24.5 Å². The van der Waals surface area contributed by atoms with E-state index in [2.05, 4.69) is 34.5 Å². The van der Waals surface area contributed by atoms with E-state index >= 15 is 0 Å². The number of thiophene rings is 1. The number of nitrogens with zero attached hydrogens (tertiary/aromatic N) is 2. The van der Waals surface area contributed by atoms with Gasteiger partial charge >= 0.3 is 0 Å². The van der Waals surface area contributed by atoms with Gasteiger partial charge in [0, 0.05) is 43.7 Å². The molecule has 0 N–H and O–H groups in total. The molecule has 2 aromatic carbocycles. The van der Waals surface area contributed by atoms with E-state index in [1.165, 1.54) is 4.88 Å². The second kappa shape index (κ2) is 8.59. The Bertz CT molecular complexity index is 973. The van der Waals surface area contributed by atoms with Gasteiger partial charge in [0.25, 0.3) is 0 Å².